The van der Waals surface area contributed by atoms with E-state index in [1.165, 1.54) is 12.8 Å². The molecule has 0 radical (unpaired) electrons. The average molecular weight is 373 g/mol. The molecule has 1 N–H and O–H groups in total. The first kappa shape index (κ1) is 18.3. The van der Waals surface area contributed by atoms with Crippen molar-refractivity contribution in [1.82, 2.24) is 14.5 Å². The molecule has 146 valence electrons. The van der Waals surface area contributed by atoms with E-state index in [0.29, 0.717) is 12.3 Å². The van der Waals surface area contributed by atoms with Crippen LogP contribution >= 0.6 is 0 Å². The molecule has 0 saturated carbocycles. The average Bonchev–Trinajstić information content (AvgIpc) is 2.96. The van der Waals surface area contributed by atoms with Gasteiger partial charge in [-0.05, 0) is 50.4 Å². The zero-order valence-corrected chi connectivity index (χ0v) is 16.0. The van der Waals surface area contributed by atoms with E-state index >= 15 is 0 Å². The maximum absolute atomic E-state index is 11.5. The van der Waals surface area contributed by atoms with Crippen molar-refractivity contribution in [3.8, 4) is 5.75 Å². The third kappa shape index (κ3) is 3.66. The van der Waals surface area contributed by atoms with Gasteiger partial charge in [-0.25, -0.2) is 9.78 Å². The lowest BCUT2D eigenvalue weighted by atomic mass is 9.99. The van der Waals surface area contributed by atoms with Gasteiger partial charge in [0.1, 0.15) is 17.1 Å². The molecule has 1 aromatic heterocycles. The number of likely N-dealkylation sites (tertiary alicyclic amines) is 1. The van der Waals surface area contributed by atoms with Gasteiger partial charge in [0.25, 0.3) is 0 Å². The predicted molar refractivity (Wildman–Crippen MR) is 101 cm³/mol. The second kappa shape index (κ2) is 7.48. The van der Waals surface area contributed by atoms with Crippen LogP contribution in [0.2, 0.25) is 0 Å². The van der Waals surface area contributed by atoms with Crippen LogP contribution in [0, 0.1) is 5.92 Å². The van der Waals surface area contributed by atoms with Gasteiger partial charge in [0, 0.05) is 6.61 Å². The number of methoxy groups -OCH3 is 1. The molecule has 2 aliphatic heterocycles. The van der Waals surface area contributed by atoms with Gasteiger partial charge in [0.15, 0.2) is 0 Å². The summed E-state index contributed by atoms with van der Waals surface area (Å²) in [5, 5.41) is 9.47. The summed E-state index contributed by atoms with van der Waals surface area (Å²) in [6, 6.07) is 3.25. The predicted octanol–water partition coefficient (Wildman–Crippen LogP) is 2.76. The smallest absolute Gasteiger partial charge is 0.335 e. The Hall–Kier alpha value is -2.12. The molecule has 2 aliphatic rings. The van der Waals surface area contributed by atoms with Gasteiger partial charge < -0.3 is 19.1 Å². The summed E-state index contributed by atoms with van der Waals surface area (Å²) in [6.45, 7) is 6.70. The highest BCUT2D eigenvalue weighted by Gasteiger charge is 2.25. The van der Waals surface area contributed by atoms with Crippen LogP contribution < -0.4 is 4.74 Å². The van der Waals surface area contributed by atoms with Crippen LogP contribution in [0.5, 0.6) is 5.75 Å². The summed E-state index contributed by atoms with van der Waals surface area (Å²) in [7, 11) is 1.56. The number of piperidine rings is 1. The van der Waals surface area contributed by atoms with Crippen molar-refractivity contribution in [3.05, 3.63) is 23.5 Å². The van der Waals surface area contributed by atoms with Crippen molar-refractivity contribution in [3.63, 3.8) is 0 Å². The van der Waals surface area contributed by atoms with Crippen LogP contribution in [0.4, 0.5) is 0 Å². The summed E-state index contributed by atoms with van der Waals surface area (Å²) in [6.07, 6.45) is 3.61. The van der Waals surface area contributed by atoms with Crippen LogP contribution in [0.15, 0.2) is 12.1 Å². The number of carboxylic acids is 1. The Labute approximate surface area is 158 Å². The minimum absolute atomic E-state index is 0.169. The van der Waals surface area contributed by atoms with Gasteiger partial charge in [0.2, 0.25) is 0 Å². The molecule has 27 heavy (non-hydrogen) atoms. The molecule has 1 unspecified atom stereocenters. The normalized spacial score (nSPS) is 21.3. The van der Waals surface area contributed by atoms with E-state index in [1.54, 1.807) is 19.2 Å². The Balaban J connectivity index is 1.73. The van der Waals surface area contributed by atoms with E-state index in [4.69, 9.17) is 14.5 Å². The second-order valence-electron chi connectivity index (χ2n) is 7.73. The fourth-order valence-corrected chi connectivity index (χ4v) is 3.90. The Morgan fingerprint density at radius 2 is 2.07 bits per heavy atom. The largest absolute Gasteiger partial charge is 0.494 e. The van der Waals surface area contributed by atoms with E-state index in [1.807, 2.05) is 0 Å². The topological polar surface area (TPSA) is 76.8 Å². The molecular formula is C20H27N3O4. The number of rotatable bonds is 6. The zero-order chi connectivity index (χ0) is 19.0. The fraction of sp³-hybridized carbons (Fsp3) is 0.600. The van der Waals surface area contributed by atoms with Gasteiger partial charge in [-0.2, -0.15) is 0 Å². The standard InChI is InChI=1S/C20H27N3O4/c1-13-3-6-22(7-4-13)12-18-21-19-16(23(18)11-15-5-8-27-15)9-14(20(24)25)10-17(19)26-2/h9-10,13,15H,3-8,11-12H2,1-2H3,(H,24,25). The molecule has 0 aliphatic carbocycles. The van der Waals surface area contributed by atoms with E-state index in [0.717, 1.165) is 55.4 Å². The molecule has 1 aromatic carbocycles. The van der Waals surface area contributed by atoms with E-state index in [2.05, 4.69) is 16.4 Å². The maximum atomic E-state index is 11.5. The number of fused-ring (bicyclic) bond motifs is 1. The number of nitrogens with zero attached hydrogens (tertiary/aromatic N) is 3. The zero-order valence-electron chi connectivity index (χ0n) is 16.0. The fourth-order valence-electron chi connectivity index (χ4n) is 3.90. The highest BCUT2D eigenvalue weighted by atomic mass is 16.5. The number of hydrogen-bond donors (Lipinski definition) is 1. The Morgan fingerprint density at radius 1 is 1.33 bits per heavy atom. The summed E-state index contributed by atoms with van der Waals surface area (Å²) < 4.78 is 13.2. The molecular weight excluding hydrogens is 346 g/mol. The van der Waals surface area contributed by atoms with Crippen LogP contribution in [0.3, 0.4) is 0 Å². The third-order valence-corrected chi connectivity index (χ3v) is 5.79. The van der Waals surface area contributed by atoms with Gasteiger partial charge in [-0.15, -0.1) is 0 Å². The molecule has 2 saturated heterocycles. The first-order valence-electron chi connectivity index (χ1n) is 9.69. The van der Waals surface area contributed by atoms with Crippen molar-refractivity contribution in [2.75, 3.05) is 26.8 Å². The molecule has 0 spiro atoms. The number of aromatic carboxylic acids is 1. The monoisotopic (exact) mass is 373 g/mol. The number of benzene rings is 1. The highest BCUT2D eigenvalue weighted by Crippen LogP contribution is 2.30. The number of imidazole rings is 1. The quantitative estimate of drug-likeness (QED) is 0.839. The van der Waals surface area contributed by atoms with Gasteiger partial charge in [0.05, 0.1) is 37.4 Å². The first-order valence-corrected chi connectivity index (χ1v) is 9.69. The lowest BCUT2D eigenvalue weighted by Crippen LogP contribution is -2.35. The molecule has 2 aromatic rings. The van der Waals surface area contributed by atoms with Crippen molar-refractivity contribution >= 4 is 17.0 Å². The molecule has 1 atom stereocenters. The first-order chi connectivity index (χ1) is 13.0. The Morgan fingerprint density at radius 3 is 2.67 bits per heavy atom. The molecule has 0 bridgehead atoms. The summed E-state index contributed by atoms with van der Waals surface area (Å²) in [5.41, 5.74) is 1.75. The maximum Gasteiger partial charge on any atom is 0.335 e. The van der Waals surface area contributed by atoms with Gasteiger partial charge in [-0.3, -0.25) is 4.90 Å². The number of carboxylic acid groups (broad SMARTS) is 1. The molecule has 4 rings (SSSR count). The minimum atomic E-state index is -0.964. The molecule has 2 fully saturated rings. The summed E-state index contributed by atoms with van der Waals surface area (Å²) in [4.78, 5) is 18.8. The van der Waals surface area contributed by atoms with Crippen LogP contribution in [0.1, 0.15) is 42.4 Å². The van der Waals surface area contributed by atoms with Crippen LogP contribution in [-0.2, 0) is 17.8 Å². The SMILES string of the molecule is COc1cc(C(=O)O)cc2c1nc(CN1CCC(C)CC1)n2CC1CCO1. The number of ether oxygens (including phenoxy) is 2. The Bertz CT molecular complexity index is 835. The molecule has 7 heteroatoms. The molecule has 3 heterocycles. The Kier molecular flexibility index (Phi) is 5.06. The van der Waals surface area contributed by atoms with Crippen molar-refractivity contribution < 1.29 is 19.4 Å². The van der Waals surface area contributed by atoms with Crippen molar-refractivity contribution in [1.29, 1.82) is 0 Å². The number of carbonyl (C=O) groups is 1. The number of aromatic nitrogens is 2. The highest BCUT2D eigenvalue weighted by molar-refractivity contribution is 5.95. The minimum Gasteiger partial charge on any atom is -0.494 e. The number of hydrogen-bond acceptors (Lipinski definition) is 5. The summed E-state index contributed by atoms with van der Waals surface area (Å²) >= 11 is 0. The molecule has 7 nitrogen and oxygen atoms in total. The van der Waals surface area contributed by atoms with E-state index in [9.17, 15) is 9.90 Å². The molecule has 0 amide bonds. The van der Waals surface area contributed by atoms with Crippen molar-refractivity contribution in [2.24, 2.45) is 5.92 Å². The van der Waals surface area contributed by atoms with E-state index in [-0.39, 0.29) is 11.7 Å². The van der Waals surface area contributed by atoms with Gasteiger partial charge in [-0.1, -0.05) is 6.92 Å². The van der Waals surface area contributed by atoms with E-state index < -0.39 is 5.97 Å². The third-order valence-electron chi connectivity index (χ3n) is 5.79. The van der Waals surface area contributed by atoms with Crippen LogP contribution in [0.25, 0.3) is 11.0 Å². The summed E-state index contributed by atoms with van der Waals surface area (Å²) in [5.74, 6) is 1.28. The van der Waals surface area contributed by atoms with Crippen LogP contribution in [-0.4, -0.2) is 58.4 Å². The van der Waals surface area contributed by atoms with Gasteiger partial charge >= 0.3 is 5.97 Å². The lowest BCUT2D eigenvalue weighted by molar-refractivity contribution is -0.0592. The second-order valence-corrected chi connectivity index (χ2v) is 7.73. The van der Waals surface area contributed by atoms with Crippen molar-refractivity contribution in [2.45, 2.75) is 45.4 Å². The lowest BCUT2D eigenvalue weighted by Gasteiger charge is -2.31.